The Morgan fingerprint density at radius 1 is 0.973 bits per heavy atom. The molecule has 2 aromatic carbocycles. The largest absolute Gasteiger partial charge is 0.462 e. The second kappa shape index (κ2) is 11.5. The van der Waals surface area contributed by atoms with Crippen molar-refractivity contribution in [1.29, 1.82) is 0 Å². The summed E-state index contributed by atoms with van der Waals surface area (Å²) in [6.07, 6.45) is 2.54. The Kier molecular flexibility index (Phi) is 8.18. The molecule has 1 heterocycles. The third-order valence-electron chi connectivity index (χ3n) is 6.28. The predicted molar refractivity (Wildman–Crippen MR) is 141 cm³/mol. The van der Waals surface area contributed by atoms with Crippen LogP contribution in [0.3, 0.4) is 0 Å². The van der Waals surface area contributed by atoms with Gasteiger partial charge in [-0.3, -0.25) is 9.59 Å². The lowest BCUT2D eigenvalue weighted by atomic mass is 9.88. The van der Waals surface area contributed by atoms with E-state index in [2.05, 4.69) is 12.2 Å². The standard InChI is InChI=1S/C29H29NO6S/c1-4-35-29(34)25-22-14-11-18(3)15-23(22)37-27(25)30-24(31)16-36-28(33)21-8-6-5-7-20(21)26(32)19-12-9-17(2)10-13-19/h5-10,12-13,18H,4,11,14-16H2,1-3H3,(H,30,31). The van der Waals surface area contributed by atoms with Crippen molar-refractivity contribution in [2.45, 2.75) is 40.0 Å². The number of amides is 1. The number of esters is 2. The number of rotatable bonds is 8. The highest BCUT2D eigenvalue weighted by Gasteiger charge is 2.29. The first kappa shape index (κ1) is 26.3. The average Bonchev–Trinajstić information content (AvgIpc) is 3.24. The van der Waals surface area contributed by atoms with Gasteiger partial charge in [-0.05, 0) is 50.7 Å². The number of hydrogen-bond acceptors (Lipinski definition) is 7. The molecular formula is C29H29NO6S. The van der Waals surface area contributed by atoms with Crippen LogP contribution < -0.4 is 5.32 Å². The molecule has 0 saturated carbocycles. The smallest absolute Gasteiger partial charge is 0.341 e. The Bertz CT molecular complexity index is 1340. The van der Waals surface area contributed by atoms with E-state index in [0.29, 0.717) is 22.0 Å². The van der Waals surface area contributed by atoms with Crippen LogP contribution in [-0.2, 0) is 27.1 Å². The minimum atomic E-state index is -0.781. The summed E-state index contributed by atoms with van der Waals surface area (Å²) in [5.41, 5.74) is 3.06. The molecule has 0 bridgehead atoms. The van der Waals surface area contributed by atoms with Crippen molar-refractivity contribution in [3.63, 3.8) is 0 Å². The third-order valence-corrected chi connectivity index (χ3v) is 7.45. The van der Waals surface area contributed by atoms with Gasteiger partial charge in [0.2, 0.25) is 0 Å². The molecule has 1 aliphatic rings. The van der Waals surface area contributed by atoms with E-state index in [-0.39, 0.29) is 23.5 Å². The number of carbonyl (C=O) groups is 4. The molecule has 0 saturated heterocycles. The Morgan fingerprint density at radius 3 is 2.38 bits per heavy atom. The van der Waals surface area contributed by atoms with E-state index in [4.69, 9.17) is 9.47 Å². The molecule has 37 heavy (non-hydrogen) atoms. The Labute approximate surface area is 219 Å². The van der Waals surface area contributed by atoms with Gasteiger partial charge in [0, 0.05) is 16.0 Å². The van der Waals surface area contributed by atoms with Crippen molar-refractivity contribution in [3.8, 4) is 0 Å². The van der Waals surface area contributed by atoms with Crippen LogP contribution in [0.5, 0.6) is 0 Å². The first-order valence-electron chi connectivity index (χ1n) is 12.3. The van der Waals surface area contributed by atoms with Gasteiger partial charge in [0.25, 0.3) is 5.91 Å². The number of benzene rings is 2. The van der Waals surface area contributed by atoms with Gasteiger partial charge in [-0.1, -0.05) is 55.0 Å². The highest BCUT2D eigenvalue weighted by molar-refractivity contribution is 7.17. The number of aryl methyl sites for hydroxylation is 1. The van der Waals surface area contributed by atoms with E-state index in [0.717, 1.165) is 35.3 Å². The van der Waals surface area contributed by atoms with Crippen LogP contribution in [0.25, 0.3) is 0 Å². The summed E-state index contributed by atoms with van der Waals surface area (Å²) in [6, 6.07) is 13.4. The molecule has 0 fully saturated rings. The topological polar surface area (TPSA) is 98.8 Å². The molecule has 4 rings (SSSR count). The lowest BCUT2D eigenvalue weighted by Gasteiger charge is -2.18. The molecule has 7 nitrogen and oxygen atoms in total. The second-order valence-electron chi connectivity index (χ2n) is 9.14. The molecule has 1 amide bonds. The van der Waals surface area contributed by atoms with E-state index in [1.54, 1.807) is 37.3 Å². The zero-order chi connectivity index (χ0) is 26.5. The summed E-state index contributed by atoms with van der Waals surface area (Å²) in [7, 11) is 0. The highest BCUT2D eigenvalue weighted by atomic mass is 32.1. The van der Waals surface area contributed by atoms with Crippen LogP contribution in [-0.4, -0.2) is 36.8 Å². The maximum Gasteiger partial charge on any atom is 0.341 e. The monoisotopic (exact) mass is 519 g/mol. The molecule has 0 radical (unpaired) electrons. The molecule has 192 valence electrons. The first-order valence-corrected chi connectivity index (χ1v) is 13.1. The van der Waals surface area contributed by atoms with Gasteiger partial charge >= 0.3 is 11.9 Å². The number of ether oxygens (including phenoxy) is 2. The normalized spacial score (nSPS) is 14.4. The van der Waals surface area contributed by atoms with Gasteiger partial charge in [0.15, 0.2) is 12.4 Å². The van der Waals surface area contributed by atoms with Gasteiger partial charge in [0.1, 0.15) is 5.00 Å². The number of ketones is 1. The van der Waals surface area contributed by atoms with Gasteiger partial charge < -0.3 is 14.8 Å². The van der Waals surface area contributed by atoms with E-state index in [1.165, 1.54) is 17.4 Å². The van der Waals surface area contributed by atoms with Crippen molar-refractivity contribution in [2.24, 2.45) is 5.92 Å². The fourth-order valence-corrected chi connectivity index (χ4v) is 5.76. The minimum absolute atomic E-state index is 0.0775. The molecule has 1 N–H and O–H groups in total. The first-order chi connectivity index (χ1) is 17.8. The number of hydrogen-bond donors (Lipinski definition) is 1. The molecule has 0 aliphatic heterocycles. The number of fused-ring (bicyclic) bond motifs is 1. The number of carbonyl (C=O) groups excluding carboxylic acids is 4. The summed E-state index contributed by atoms with van der Waals surface area (Å²) < 4.78 is 10.5. The molecule has 1 aromatic heterocycles. The summed E-state index contributed by atoms with van der Waals surface area (Å²) >= 11 is 1.37. The Morgan fingerprint density at radius 2 is 1.68 bits per heavy atom. The van der Waals surface area contributed by atoms with Gasteiger partial charge in [-0.15, -0.1) is 11.3 Å². The van der Waals surface area contributed by atoms with Crippen molar-refractivity contribution in [3.05, 3.63) is 86.8 Å². The molecular weight excluding hydrogens is 490 g/mol. The molecule has 1 aliphatic carbocycles. The van der Waals surface area contributed by atoms with Crippen LogP contribution in [0.1, 0.15) is 72.9 Å². The van der Waals surface area contributed by atoms with Crippen LogP contribution in [0.4, 0.5) is 5.00 Å². The number of anilines is 1. The van der Waals surface area contributed by atoms with E-state index >= 15 is 0 Å². The molecule has 1 unspecified atom stereocenters. The van der Waals surface area contributed by atoms with Crippen LogP contribution in [0.15, 0.2) is 48.5 Å². The molecule has 0 spiro atoms. The summed E-state index contributed by atoms with van der Waals surface area (Å²) in [5, 5.41) is 3.14. The predicted octanol–water partition coefficient (Wildman–Crippen LogP) is 5.38. The Hall–Kier alpha value is -3.78. The van der Waals surface area contributed by atoms with Gasteiger partial charge in [-0.25, -0.2) is 9.59 Å². The highest BCUT2D eigenvalue weighted by Crippen LogP contribution is 2.40. The number of nitrogens with one attached hydrogen (secondary N) is 1. The fraction of sp³-hybridized carbons (Fsp3) is 0.310. The second-order valence-corrected chi connectivity index (χ2v) is 10.2. The SMILES string of the molecule is CCOC(=O)c1c(NC(=O)COC(=O)c2ccccc2C(=O)c2ccc(C)cc2)sc2c1CCC(C)C2. The van der Waals surface area contributed by atoms with Gasteiger partial charge in [-0.2, -0.15) is 0 Å². The maximum atomic E-state index is 13.0. The summed E-state index contributed by atoms with van der Waals surface area (Å²) in [5.74, 6) is -1.64. The van der Waals surface area contributed by atoms with Crippen LogP contribution >= 0.6 is 11.3 Å². The van der Waals surface area contributed by atoms with Crippen LogP contribution in [0, 0.1) is 12.8 Å². The summed E-state index contributed by atoms with van der Waals surface area (Å²) in [6.45, 7) is 5.48. The molecule has 8 heteroatoms. The minimum Gasteiger partial charge on any atom is -0.462 e. The zero-order valence-electron chi connectivity index (χ0n) is 21.1. The van der Waals surface area contributed by atoms with Crippen molar-refractivity contribution in [1.82, 2.24) is 0 Å². The maximum absolute atomic E-state index is 13.0. The van der Waals surface area contributed by atoms with Crippen molar-refractivity contribution < 1.29 is 28.7 Å². The molecule has 3 aromatic rings. The average molecular weight is 520 g/mol. The van der Waals surface area contributed by atoms with Gasteiger partial charge in [0.05, 0.1) is 17.7 Å². The summed E-state index contributed by atoms with van der Waals surface area (Å²) in [4.78, 5) is 52.3. The fourth-order valence-electron chi connectivity index (χ4n) is 4.35. The van der Waals surface area contributed by atoms with Crippen LogP contribution in [0.2, 0.25) is 0 Å². The number of thiophene rings is 1. The lowest BCUT2D eigenvalue weighted by molar-refractivity contribution is -0.119. The third kappa shape index (κ3) is 5.97. The lowest BCUT2D eigenvalue weighted by Crippen LogP contribution is -2.23. The molecule has 1 atom stereocenters. The van der Waals surface area contributed by atoms with Crippen molar-refractivity contribution >= 4 is 40.0 Å². The van der Waals surface area contributed by atoms with Crippen molar-refractivity contribution in [2.75, 3.05) is 18.5 Å². The zero-order valence-corrected chi connectivity index (χ0v) is 21.9. The quantitative estimate of drug-likeness (QED) is 0.317. The van der Waals surface area contributed by atoms with E-state index < -0.39 is 24.5 Å². The Balaban J connectivity index is 1.47. The van der Waals surface area contributed by atoms with E-state index in [1.807, 2.05) is 19.1 Å². The van der Waals surface area contributed by atoms with E-state index in [9.17, 15) is 19.2 Å².